The molecule has 2 fully saturated rings. The monoisotopic (exact) mass is 437 g/mol. The molecule has 0 spiro atoms. The van der Waals surface area contributed by atoms with Gasteiger partial charge in [-0.05, 0) is 56.3 Å². The van der Waals surface area contributed by atoms with Crippen molar-refractivity contribution >= 4 is 11.8 Å². The Morgan fingerprint density at radius 1 is 1.16 bits per heavy atom. The van der Waals surface area contributed by atoms with Gasteiger partial charge in [0, 0.05) is 38.0 Å². The normalized spacial score (nSPS) is 19.5. The van der Waals surface area contributed by atoms with Crippen LogP contribution in [-0.4, -0.2) is 42.9 Å². The van der Waals surface area contributed by atoms with Crippen LogP contribution in [0.4, 0.5) is 0 Å². The summed E-state index contributed by atoms with van der Waals surface area (Å²) in [4.78, 5) is 39.9. The SMILES string of the molecule is Cc1cc(C2CCCNC2)oc(=O)c1C(=O)N1CCC(C(=O)NCc2ccccc2)CC1. The average molecular weight is 438 g/mol. The summed E-state index contributed by atoms with van der Waals surface area (Å²) >= 11 is 0. The summed E-state index contributed by atoms with van der Waals surface area (Å²) < 4.78 is 5.57. The average Bonchev–Trinajstić information content (AvgIpc) is 2.83. The van der Waals surface area contributed by atoms with Gasteiger partial charge in [0.1, 0.15) is 11.3 Å². The highest BCUT2D eigenvalue weighted by Crippen LogP contribution is 2.25. The van der Waals surface area contributed by atoms with Crippen molar-refractivity contribution in [3.8, 4) is 0 Å². The number of carbonyl (C=O) groups excluding carboxylic acids is 2. The molecule has 7 heteroatoms. The maximum Gasteiger partial charge on any atom is 0.349 e. The number of aryl methyl sites for hydroxylation is 1. The number of piperidine rings is 2. The lowest BCUT2D eigenvalue weighted by molar-refractivity contribution is -0.126. The number of amides is 2. The Hall–Kier alpha value is -2.93. The molecule has 2 aromatic rings. The first kappa shape index (κ1) is 22.3. The van der Waals surface area contributed by atoms with Crippen LogP contribution in [0.3, 0.4) is 0 Å². The molecule has 170 valence electrons. The number of nitrogens with one attached hydrogen (secondary N) is 2. The summed E-state index contributed by atoms with van der Waals surface area (Å²) in [6.45, 7) is 4.98. The molecule has 2 amide bonds. The molecule has 4 rings (SSSR count). The molecule has 1 unspecified atom stereocenters. The van der Waals surface area contributed by atoms with E-state index < -0.39 is 5.63 Å². The Bertz CT molecular complexity index is 1000. The first-order valence-corrected chi connectivity index (χ1v) is 11.5. The molecule has 2 saturated heterocycles. The highest BCUT2D eigenvalue weighted by molar-refractivity contribution is 5.95. The van der Waals surface area contributed by atoms with Gasteiger partial charge in [0.25, 0.3) is 5.91 Å². The largest absolute Gasteiger partial charge is 0.427 e. The predicted octanol–water partition coefficient (Wildman–Crippen LogP) is 2.58. The quantitative estimate of drug-likeness (QED) is 0.750. The predicted molar refractivity (Wildman–Crippen MR) is 121 cm³/mol. The van der Waals surface area contributed by atoms with Crippen LogP contribution < -0.4 is 16.3 Å². The van der Waals surface area contributed by atoms with Crippen molar-refractivity contribution in [1.82, 2.24) is 15.5 Å². The molecule has 7 nitrogen and oxygen atoms in total. The number of rotatable bonds is 5. The van der Waals surface area contributed by atoms with Gasteiger partial charge in [-0.15, -0.1) is 0 Å². The second-order valence-electron chi connectivity index (χ2n) is 8.81. The van der Waals surface area contributed by atoms with Crippen molar-refractivity contribution in [3.63, 3.8) is 0 Å². The van der Waals surface area contributed by atoms with E-state index in [1.165, 1.54) is 0 Å². The standard InChI is InChI=1S/C25H31N3O4/c1-17-14-21(20-8-5-11-26-16-20)32-25(31)22(17)24(30)28-12-9-19(10-13-28)23(29)27-15-18-6-3-2-4-7-18/h2-4,6-7,14,19-20,26H,5,8-13,15-16H2,1H3,(H,27,29). The van der Waals surface area contributed by atoms with Crippen molar-refractivity contribution in [2.24, 2.45) is 5.92 Å². The van der Waals surface area contributed by atoms with Gasteiger partial charge in [-0.2, -0.15) is 0 Å². The first-order valence-electron chi connectivity index (χ1n) is 11.5. The van der Waals surface area contributed by atoms with E-state index >= 15 is 0 Å². The zero-order valence-corrected chi connectivity index (χ0v) is 18.6. The molecule has 2 aliphatic rings. The van der Waals surface area contributed by atoms with E-state index in [9.17, 15) is 14.4 Å². The summed E-state index contributed by atoms with van der Waals surface area (Å²) in [5, 5.41) is 6.31. The molecular formula is C25H31N3O4. The van der Waals surface area contributed by atoms with Gasteiger partial charge in [-0.25, -0.2) is 4.79 Å². The molecule has 0 saturated carbocycles. The molecular weight excluding hydrogens is 406 g/mol. The summed E-state index contributed by atoms with van der Waals surface area (Å²) in [7, 11) is 0. The van der Waals surface area contributed by atoms with Crippen LogP contribution in [-0.2, 0) is 11.3 Å². The lowest BCUT2D eigenvalue weighted by Gasteiger charge is -2.31. The molecule has 32 heavy (non-hydrogen) atoms. The third-order valence-corrected chi connectivity index (χ3v) is 6.54. The summed E-state index contributed by atoms with van der Waals surface area (Å²) in [5.74, 6) is 0.422. The summed E-state index contributed by atoms with van der Waals surface area (Å²) in [6, 6.07) is 11.6. The van der Waals surface area contributed by atoms with Gasteiger partial charge in [0.05, 0.1) is 0 Å². The molecule has 0 radical (unpaired) electrons. The molecule has 2 N–H and O–H groups in total. The van der Waals surface area contributed by atoms with E-state index in [-0.39, 0.29) is 29.2 Å². The molecule has 0 bridgehead atoms. The van der Waals surface area contributed by atoms with Crippen LogP contribution in [0.5, 0.6) is 0 Å². The van der Waals surface area contributed by atoms with Gasteiger partial charge in [0.15, 0.2) is 0 Å². The zero-order chi connectivity index (χ0) is 22.5. The molecule has 1 aromatic carbocycles. The smallest absolute Gasteiger partial charge is 0.349 e. The van der Waals surface area contributed by atoms with Crippen LogP contribution in [0.1, 0.15) is 58.8 Å². The van der Waals surface area contributed by atoms with Crippen LogP contribution >= 0.6 is 0 Å². The van der Waals surface area contributed by atoms with Gasteiger partial charge >= 0.3 is 5.63 Å². The minimum atomic E-state index is -0.557. The third-order valence-electron chi connectivity index (χ3n) is 6.54. The van der Waals surface area contributed by atoms with Gasteiger partial charge in [-0.3, -0.25) is 9.59 Å². The van der Waals surface area contributed by atoms with Gasteiger partial charge in [-0.1, -0.05) is 30.3 Å². The van der Waals surface area contributed by atoms with Crippen molar-refractivity contribution < 1.29 is 14.0 Å². The maximum absolute atomic E-state index is 13.1. The van der Waals surface area contributed by atoms with Crippen LogP contribution in [0, 0.1) is 12.8 Å². The number of carbonyl (C=O) groups is 2. The minimum absolute atomic E-state index is 0.0158. The Balaban J connectivity index is 1.35. The number of hydrogen-bond donors (Lipinski definition) is 2. The number of likely N-dealkylation sites (tertiary alicyclic amines) is 1. The van der Waals surface area contributed by atoms with E-state index in [0.717, 1.165) is 31.5 Å². The first-order chi connectivity index (χ1) is 15.5. The van der Waals surface area contributed by atoms with Gasteiger partial charge < -0.3 is 20.0 Å². The van der Waals surface area contributed by atoms with E-state index in [4.69, 9.17) is 4.42 Å². The lowest BCUT2D eigenvalue weighted by atomic mass is 9.94. The Kier molecular flexibility index (Phi) is 7.05. The lowest BCUT2D eigenvalue weighted by Crippen LogP contribution is -2.44. The fraction of sp³-hybridized carbons (Fsp3) is 0.480. The zero-order valence-electron chi connectivity index (χ0n) is 18.6. The molecule has 3 heterocycles. The summed E-state index contributed by atoms with van der Waals surface area (Å²) in [5.41, 5.74) is 1.28. The van der Waals surface area contributed by atoms with Crippen molar-refractivity contribution in [1.29, 1.82) is 0 Å². The second kappa shape index (κ2) is 10.1. The number of nitrogens with zero attached hydrogens (tertiary/aromatic N) is 1. The highest BCUT2D eigenvalue weighted by Gasteiger charge is 2.30. The molecule has 0 aliphatic carbocycles. The topological polar surface area (TPSA) is 91.7 Å². The Labute approximate surface area is 188 Å². The fourth-order valence-electron chi connectivity index (χ4n) is 4.62. The van der Waals surface area contributed by atoms with E-state index in [1.807, 2.05) is 36.4 Å². The Morgan fingerprint density at radius 3 is 2.56 bits per heavy atom. The fourth-order valence-corrected chi connectivity index (χ4v) is 4.62. The Morgan fingerprint density at radius 2 is 1.91 bits per heavy atom. The van der Waals surface area contributed by atoms with Crippen molar-refractivity contribution in [3.05, 3.63) is 69.3 Å². The third kappa shape index (κ3) is 5.10. The van der Waals surface area contributed by atoms with Crippen LogP contribution in [0.15, 0.2) is 45.6 Å². The van der Waals surface area contributed by atoms with Crippen molar-refractivity contribution in [2.45, 2.75) is 45.1 Å². The van der Waals surface area contributed by atoms with Gasteiger partial charge in [0.2, 0.25) is 5.91 Å². The second-order valence-corrected chi connectivity index (χ2v) is 8.81. The highest BCUT2D eigenvalue weighted by atomic mass is 16.4. The van der Waals surface area contributed by atoms with Crippen molar-refractivity contribution in [2.75, 3.05) is 26.2 Å². The van der Waals surface area contributed by atoms with E-state index in [2.05, 4.69) is 10.6 Å². The number of hydrogen-bond acceptors (Lipinski definition) is 5. The minimum Gasteiger partial charge on any atom is -0.427 e. The summed E-state index contributed by atoms with van der Waals surface area (Å²) in [6.07, 6.45) is 3.19. The molecule has 1 atom stereocenters. The maximum atomic E-state index is 13.1. The van der Waals surface area contributed by atoms with E-state index in [1.54, 1.807) is 11.8 Å². The van der Waals surface area contributed by atoms with Crippen LogP contribution in [0.25, 0.3) is 0 Å². The molecule has 2 aliphatic heterocycles. The van der Waals surface area contributed by atoms with Crippen LogP contribution in [0.2, 0.25) is 0 Å². The number of benzene rings is 1. The van der Waals surface area contributed by atoms with E-state index in [0.29, 0.717) is 43.8 Å². The molecule has 1 aromatic heterocycles.